The number of nitrogens with one attached hydrogen (secondary N) is 1. The Morgan fingerprint density at radius 1 is 1.07 bits per heavy atom. The topological polar surface area (TPSA) is 37.8 Å². The molecule has 0 aromatic carbocycles. The summed E-state index contributed by atoms with van der Waals surface area (Å²) in [6.07, 6.45) is 9.43. The first-order valence-electron chi connectivity index (χ1n) is 5.60. The molecule has 5 heteroatoms. The fourth-order valence-electron chi connectivity index (χ4n) is 2.04. The summed E-state index contributed by atoms with van der Waals surface area (Å²) in [5, 5.41) is 12.5. The first-order chi connectivity index (χ1) is 7.34. The molecular weight excluding hydrogens is 274 g/mol. The second kappa shape index (κ2) is 5.80. The molecule has 0 radical (unpaired) electrons. The largest absolute Gasteiger partial charge is 0.357 e. The number of halogens is 1. The lowest BCUT2D eigenvalue weighted by Crippen LogP contribution is -2.20. The van der Waals surface area contributed by atoms with E-state index < -0.39 is 0 Å². The number of nitrogens with zero attached hydrogens (tertiary/aromatic N) is 2. The van der Waals surface area contributed by atoms with Gasteiger partial charge in [-0.1, -0.05) is 43.4 Å². The zero-order valence-electron chi connectivity index (χ0n) is 8.71. The molecule has 1 heterocycles. The van der Waals surface area contributed by atoms with Gasteiger partial charge in [0.2, 0.25) is 5.13 Å². The van der Waals surface area contributed by atoms with Crippen LogP contribution in [0.1, 0.15) is 44.9 Å². The van der Waals surface area contributed by atoms with Gasteiger partial charge in [0.15, 0.2) is 3.92 Å². The minimum atomic E-state index is 0.602. The zero-order valence-corrected chi connectivity index (χ0v) is 11.1. The minimum absolute atomic E-state index is 0.602. The third-order valence-electron chi connectivity index (χ3n) is 2.83. The van der Waals surface area contributed by atoms with Crippen LogP contribution in [0.2, 0.25) is 0 Å². The molecule has 0 spiro atoms. The molecule has 84 valence electrons. The highest BCUT2D eigenvalue weighted by molar-refractivity contribution is 9.11. The second-order valence-electron chi connectivity index (χ2n) is 4.05. The van der Waals surface area contributed by atoms with Crippen LogP contribution in [0, 0.1) is 0 Å². The SMILES string of the molecule is Brc1nnc(NC2CCCCCCC2)s1. The molecule has 1 saturated carbocycles. The van der Waals surface area contributed by atoms with Gasteiger partial charge < -0.3 is 5.32 Å². The third-order valence-corrected chi connectivity index (χ3v) is 4.12. The fraction of sp³-hybridized carbons (Fsp3) is 0.800. The summed E-state index contributed by atoms with van der Waals surface area (Å²) < 4.78 is 0.857. The van der Waals surface area contributed by atoms with Crippen LogP contribution in [0.4, 0.5) is 5.13 Å². The van der Waals surface area contributed by atoms with Crippen LogP contribution in [0.15, 0.2) is 3.92 Å². The molecule has 0 unspecified atom stereocenters. The Balaban J connectivity index is 1.86. The Hall–Kier alpha value is -0.160. The maximum atomic E-state index is 4.07. The number of hydrogen-bond acceptors (Lipinski definition) is 4. The van der Waals surface area contributed by atoms with Crippen LogP contribution in [0.25, 0.3) is 0 Å². The van der Waals surface area contributed by atoms with Crippen molar-refractivity contribution in [2.24, 2.45) is 0 Å². The highest BCUT2D eigenvalue weighted by Gasteiger charge is 2.12. The Labute approximate surface area is 103 Å². The molecule has 2 rings (SSSR count). The van der Waals surface area contributed by atoms with Gasteiger partial charge in [0, 0.05) is 6.04 Å². The highest BCUT2D eigenvalue weighted by atomic mass is 79.9. The number of rotatable bonds is 2. The Kier molecular flexibility index (Phi) is 4.38. The zero-order chi connectivity index (χ0) is 10.5. The van der Waals surface area contributed by atoms with E-state index in [1.54, 1.807) is 11.3 Å². The van der Waals surface area contributed by atoms with Crippen molar-refractivity contribution >= 4 is 32.4 Å². The lowest BCUT2D eigenvalue weighted by atomic mass is 9.97. The van der Waals surface area contributed by atoms with Gasteiger partial charge in [-0.3, -0.25) is 0 Å². The highest BCUT2D eigenvalue weighted by Crippen LogP contribution is 2.24. The summed E-state index contributed by atoms with van der Waals surface area (Å²) in [6.45, 7) is 0. The van der Waals surface area contributed by atoms with Crippen molar-refractivity contribution in [2.75, 3.05) is 5.32 Å². The van der Waals surface area contributed by atoms with Gasteiger partial charge in [-0.2, -0.15) is 0 Å². The summed E-state index contributed by atoms with van der Waals surface area (Å²) >= 11 is 4.91. The van der Waals surface area contributed by atoms with E-state index in [0.29, 0.717) is 6.04 Å². The Morgan fingerprint density at radius 2 is 1.73 bits per heavy atom. The molecule has 1 N–H and O–H groups in total. The second-order valence-corrected chi connectivity index (χ2v) is 6.30. The molecule has 0 bridgehead atoms. The molecular formula is C10H16BrN3S. The summed E-state index contributed by atoms with van der Waals surface area (Å²) in [7, 11) is 0. The van der Waals surface area contributed by atoms with Gasteiger partial charge in [-0.15, -0.1) is 10.2 Å². The van der Waals surface area contributed by atoms with Crippen LogP contribution in [-0.2, 0) is 0 Å². The molecule has 1 aliphatic carbocycles. The van der Waals surface area contributed by atoms with Crippen molar-refractivity contribution in [3.63, 3.8) is 0 Å². The van der Waals surface area contributed by atoms with Crippen molar-refractivity contribution in [1.29, 1.82) is 0 Å². The molecule has 3 nitrogen and oxygen atoms in total. The predicted octanol–water partition coefficient (Wildman–Crippen LogP) is 3.83. The lowest BCUT2D eigenvalue weighted by Gasteiger charge is -2.20. The summed E-state index contributed by atoms with van der Waals surface area (Å²) in [4.78, 5) is 0. The van der Waals surface area contributed by atoms with E-state index >= 15 is 0 Å². The molecule has 0 amide bonds. The van der Waals surface area contributed by atoms with Gasteiger partial charge in [0.25, 0.3) is 0 Å². The molecule has 0 aliphatic heterocycles. The predicted molar refractivity (Wildman–Crippen MR) is 67.3 cm³/mol. The maximum absolute atomic E-state index is 4.07. The molecule has 0 atom stereocenters. The number of hydrogen-bond donors (Lipinski definition) is 1. The van der Waals surface area contributed by atoms with Gasteiger partial charge >= 0.3 is 0 Å². The fourth-order valence-corrected chi connectivity index (χ4v) is 3.13. The molecule has 1 aromatic rings. The summed E-state index contributed by atoms with van der Waals surface area (Å²) in [5.74, 6) is 0. The summed E-state index contributed by atoms with van der Waals surface area (Å²) in [6, 6.07) is 0.602. The van der Waals surface area contributed by atoms with Crippen LogP contribution in [0.5, 0.6) is 0 Å². The minimum Gasteiger partial charge on any atom is -0.357 e. The van der Waals surface area contributed by atoms with E-state index in [4.69, 9.17) is 0 Å². The van der Waals surface area contributed by atoms with E-state index in [-0.39, 0.29) is 0 Å². The third kappa shape index (κ3) is 3.72. The molecule has 15 heavy (non-hydrogen) atoms. The van der Waals surface area contributed by atoms with Crippen molar-refractivity contribution in [3.8, 4) is 0 Å². The molecule has 1 aromatic heterocycles. The Bertz CT molecular complexity index is 295. The van der Waals surface area contributed by atoms with Gasteiger partial charge in [-0.05, 0) is 28.8 Å². The van der Waals surface area contributed by atoms with Crippen LogP contribution < -0.4 is 5.32 Å². The quantitative estimate of drug-likeness (QED) is 0.899. The van der Waals surface area contributed by atoms with Crippen molar-refractivity contribution in [1.82, 2.24) is 10.2 Å². The van der Waals surface area contributed by atoms with Crippen molar-refractivity contribution in [3.05, 3.63) is 3.92 Å². The van der Waals surface area contributed by atoms with Crippen LogP contribution >= 0.6 is 27.3 Å². The van der Waals surface area contributed by atoms with Crippen molar-refractivity contribution < 1.29 is 0 Å². The number of aromatic nitrogens is 2. The summed E-state index contributed by atoms with van der Waals surface area (Å²) in [5.41, 5.74) is 0. The van der Waals surface area contributed by atoms with E-state index in [1.807, 2.05) is 0 Å². The monoisotopic (exact) mass is 289 g/mol. The van der Waals surface area contributed by atoms with Crippen molar-refractivity contribution in [2.45, 2.75) is 51.0 Å². The first kappa shape index (κ1) is 11.3. The van der Waals surface area contributed by atoms with E-state index in [9.17, 15) is 0 Å². The van der Waals surface area contributed by atoms with Gasteiger partial charge in [0.1, 0.15) is 0 Å². The maximum Gasteiger partial charge on any atom is 0.206 e. The van der Waals surface area contributed by atoms with Gasteiger partial charge in [-0.25, -0.2) is 0 Å². The van der Waals surface area contributed by atoms with E-state index in [1.165, 1.54) is 44.9 Å². The average molecular weight is 290 g/mol. The number of anilines is 1. The van der Waals surface area contributed by atoms with E-state index in [2.05, 4.69) is 31.4 Å². The molecule has 0 saturated heterocycles. The van der Waals surface area contributed by atoms with E-state index in [0.717, 1.165) is 9.05 Å². The Morgan fingerprint density at radius 3 is 2.33 bits per heavy atom. The van der Waals surface area contributed by atoms with Gasteiger partial charge in [0.05, 0.1) is 0 Å². The normalized spacial score (nSPS) is 19.5. The average Bonchev–Trinajstić information content (AvgIpc) is 2.56. The van der Waals surface area contributed by atoms with Crippen LogP contribution in [-0.4, -0.2) is 16.2 Å². The molecule has 1 fully saturated rings. The molecule has 1 aliphatic rings. The standard InChI is InChI=1S/C10H16BrN3S/c11-9-13-14-10(15-9)12-8-6-4-2-1-3-5-7-8/h8H,1-7H2,(H,12,14). The smallest absolute Gasteiger partial charge is 0.206 e. The lowest BCUT2D eigenvalue weighted by molar-refractivity contribution is 0.471. The first-order valence-corrected chi connectivity index (χ1v) is 7.21. The van der Waals surface area contributed by atoms with Crippen LogP contribution in [0.3, 0.4) is 0 Å².